The lowest BCUT2D eigenvalue weighted by Crippen LogP contribution is -2.45. The summed E-state index contributed by atoms with van der Waals surface area (Å²) in [5, 5.41) is 13.5. The first-order chi connectivity index (χ1) is 12.0. The van der Waals surface area contributed by atoms with Gasteiger partial charge in [0.05, 0.1) is 12.1 Å². The van der Waals surface area contributed by atoms with E-state index in [1.807, 2.05) is 18.7 Å². The molecule has 2 N–H and O–H groups in total. The minimum absolute atomic E-state index is 0.154. The molecule has 0 saturated carbocycles. The standard InChI is InChI=1S/C17H22N6O2/c1-12(2)14-20-8-13(9-21-14)15(24)22-10-17(25)4-7-23(11-17)16-18-5-3-6-19-16/h3,5-6,8-9,12,25H,4,7,10-11H2,1-2H3,(H,22,24)/t17-/m0/s1. The van der Waals surface area contributed by atoms with Gasteiger partial charge in [0.1, 0.15) is 11.4 Å². The number of rotatable bonds is 5. The van der Waals surface area contributed by atoms with Crippen LogP contribution in [0.25, 0.3) is 0 Å². The zero-order valence-electron chi connectivity index (χ0n) is 14.4. The first-order valence-electron chi connectivity index (χ1n) is 8.31. The number of carbonyl (C=O) groups excluding carboxylic acids is 1. The van der Waals surface area contributed by atoms with E-state index < -0.39 is 5.60 Å². The van der Waals surface area contributed by atoms with Crippen molar-refractivity contribution in [1.82, 2.24) is 25.3 Å². The fourth-order valence-electron chi connectivity index (χ4n) is 2.73. The molecule has 0 aromatic carbocycles. The van der Waals surface area contributed by atoms with Crippen LogP contribution in [0.4, 0.5) is 5.95 Å². The quantitative estimate of drug-likeness (QED) is 0.826. The summed E-state index contributed by atoms with van der Waals surface area (Å²) < 4.78 is 0. The number of aromatic nitrogens is 4. The fraction of sp³-hybridized carbons (Fsp3) is 0.471. The van der Waals surface area contributed by atoms with Crippen LogP contribution in [0, 0.1) is 0 Å². The third-order valence-corrected chi connectivity index (χ3v) is 4.20. The highest BCUT2D eigenvalue weighted by Crippen LogP contribution is 2.23. The molecule has 0 unspecified atom stereocenters. The molecule has 2 aromatic heterocycles. The van der Waals surface area contributed by atoms with Crippen molar-refractivity contribution < 1.29 is 9.90 Å². The summed E-state index contributed by atoms with van der Waals surface area (Å²) in [5.74, 6) is 1.20. The molecule has 8 heteroatoms. The Morgan fingerprint density at radius 2 is 1.96 bits per heavy atom. The lowest BCUT2D eigenvalue weighted by Gasteiger charge is -2.23. The number of hydrogen-bond acceptors (Lipinski definition) is 7. The maximum absolute atomic E-state index is 12.2. The van der Waals surface area contributed by atoms with Gasteiger partial charge in [-0.05, 0) is 12.5 Å². The number of β-amino-alcohol motifs (C(OH)–C–C–N with tert-alkyl or cyclic N) is 1. The maximum Gasteiger partial charge on any atom is 0.254 e. The molecular weight excluding hydrogens is 320 g/mol. The van der Waals surface area contributed by atoms with Crippen LogP contribution in [-0.2, 0) is 0 Å². The molecule has 1 fully saturated rings. The zero-order chi connectivity index (χ0) is 17.9. The lowest BCUT2D eigenvalue weighted by molar-refractivity contribution is 0.0575. The van der Waals surface area contributed by atoms with Crippen LogP contribution in [0.15, 0.2) is 30.9 Å². The van der Waals surface area contributed by atoms with Gasteiger partial charge in [-0.25, -0.2) is 19.9 Å². The molecule has 1 saturated heterocycles. The molecule has 2 aromatic rings. The van der Waals surface area contributed by atoms with Crippen molar-refractivity contribution in [2.75, 3.05) is 24.5 Å². The third kappa shape index (κ3) is 4.08. The number of carbonyl (C=O) groups is 1. The molecule has 0 radical (unpaired) electrons. The number of amides is 1. The van der Waals surface area contributed by atoms with Gasteiger partial charge < -0.3 is 15.3 Å². The average Bonchev–Trinajstić information content (AvgIpc) is 3.03. The molecule has 3 rings (SSSR count). The van der Waals surface area contributed by atoms with E-state index in [1.165, 1.54) is 12.4 Å². The molecule has 25 heavy (non-hydrogen) atoms. The highest BCUT2D eigenvalue weighted by molar-refractivity contribution is 5.93. The molecule has 3 heterocycles. The van der Waals surface area contributed by atoms with Crippen molar-refractivity contribution in [3.05, 3.63) is 42.2 Å². The number of hydrogen-bond donors (Lipinski definition) is 2. The van der Waals surface area contributed by atoms with E-state index in [0.29, 0.717) is 36.8 Å². The summed E-state index contributed by atoms with van der Waals surface area (Å²) >= 11 is 0. The summed E-state index contributed by atoms with van der Waals surface area (Å²) in [6, 6.07) is 1.75. The Morgan fingerprint density at radius 1 is 1.28 bits per heavy atom. The molecule has 1 aliphatic heterocycles. The van der Waals surface area contributed by atoms with E-state index >= 15 is 0 Å². The van der Waals surface area contributed by atoms with Crippen LogP contribution < -0.4 is 10.2 Å². The molecule has 1 aliphatic rings. The van der Waals surface area contributed by atoms with E-state index in [1.54, 1.807) is 18.5 Å². The molecule has 0 bridgehead atoms. The van der Waals surface area contributed by atoms with Gasteiger partial charge in [0.15, 0.2) is 0 Å². The second-order valence-corrected chi connectivity index (χ2v) is 6.61. The number of nitrogens with zero attached hydrogens (tertiary/aromatic N) is 5. The van der Waals surface area contributed by atoms with Gasteiger partial charge in [-0.2, -0.15) is 0 Å². The van der Waals surface area contributed by atoms with Crippen molar-refractivity contribution in [3.8, 4) is 0 Å². The minimum atomic E-state index is -1.01. The van der Waals surface area contributed by atoms with Gasteiger partial charge in [0.2, 0.25) is 5.95 Å². The molecule has 132 valence electrons. The highest BCUT2D eigenvalue weighted by atomic mass is 16.3. The van der Waals surface area contributed by atoms with Crippen molar-refractivity contribution in [2.24, 2.45) is 0 Å². The summed E-state index contributed by atoms with van der Waals surface area (Å²) in [6.07, 6.45) is 6.90. The summed E-state index contributed by atoms with van der Waals surface area (Å²) in [7, 11) is 0. The van der Waals surface area contributed by atoms with Gasteiger partial charge >= 0.3 is 0 Å². The normalized spacial score (nSPS) is 20.1. The molecule has 1 atom stereocenters. The Bertz CT molecular complexity index is 722. The van der Waals surface area contributed by atoms with Crippen molar-refractivity contribution in [1.29, 1.82) is 0 Å². The van der Waals surface area contributed by atoms with E-state index in [-0.39, 0.29) is 18.4 Å². The van der Waals surface area contributed by atoms with E-state index in [0.717, 1.165) is 0 Å². The SMILES string of the molecule is CC(C)c1ncc(C(=O)NC[C@@]2(O)CCN(c3ncccn3)C2)cn1. The third-order valence-electron chi connectivity index (χ3n) is 4.20. The van der Waals surface area contributed by atoms with Gasteiger partial charge in [0, 0.05) is 43.8 Å². The van der Waals surface area contributed by atoms with Crippen LogP contribution in [0.3, 0.4) is 0 Å². The van der Waals surface area contributed by atoms with E-state index in [9.17, 15) is 9.90 Å². The molecule has 8 nitrogen and oxygen atoms in total. The summed E-state index contributed by atoms with van der Waals surface area (Å²) in [4.78, 5) is 30.9. The second kappa shape index (κ2) is 7.10. The Kier molecular flexibility index (Phi) is 4.89. The number of nitrogens with one attached hydrogen (secondary N) is 1. The van der Waals surface area contributed by atoms with Gasteiger partial charge in [-0.3, -0.25) is 4.79 Å². The second-order valence-electron chi connectivity index (χ2n) is 6.61. The van der Waals surface area contributed by atoms with Gasteiger partial charge in [-0.1, -0.05) is 13.8 Å². The van der Waals surface area contributed by atoms with Crippen LogP contribution in [0.2, 0.25) is 0 Å². The highest BCUT2D eigenvalue weighted by Gasteiger charge is 2.37. The molecule has 1 amide bonds. The van der Waals surface area contributed by atoms with Crippen LogP contribution >= 0.6 is 0 Å². The topological polar surface area (TPSA) is 104 Å². The predicted molar refractivity (Wildman–Crippen MR) is 92.3 cm³/mol. The lowest BCUT2D eigenvalue weighted by atomic mass is 10.0. The van der Waals surface area contributed by atoms with Gasteiger partial charge in [-0.15, -0.1) is 0 Å². The number of aliphatic hydroxyl groups is 1. The average molecular weight is 342 g/mol. The molecule has 0 aliphatic carbocycles. The Balaban J connectivity index is 1.56. The largest absolute Gasteiger partial charge is 0.386 e. The van der Waals surface area contributed by atoms with Crippen LogP contribution in [0.1, 0.15) is 42.4 Å². The summed E-state index contributed by atoms with van der Waals surface area (Å²) in [5.41, 5.74) is -0.623. The smallest absolute Gasteiger partial charge is 0.254 e. The molecule has 0 spiro atoms. The fourth-order valence-corrected chi connectivity index (χ4v) is 2.73. The minimum Gasteiger partial charge on any atom is -0.386 e. The molecular formula is C17H22N6O2. The zero-order valence-corrected chi connectivity index (χ0v) is 14.4. The Morgan fingerprint density at radius 3 is 2.60 bits per heavy atom. The van der Waals surface area contributed by atoms with E-state index in [2.05, 4.69) is 25.3 Å². The van der Waals surface area contributed by atoms with Crippen molar-refractivity contribution in [3.63, 3.8) is 0 Å². The van der Waals surface area contributed by atoms with Gasteiger partial charge in [0.25, 0.3) is 5.91 Å². The first kappa shape index (κ1) is 17.2. The van der Waals surface area contributed by atoms with Crippen LogP contribution in [-0.4, -0.2) is 56.2 Å². The maximum atomic E-state index is 12.2. The monoisotopic (exact) mass is 342 g/mol. The number of anilines is 1. The Labute approximate surface area is 146 Å². The Hall–Kier alpha value is -2.61. The van der Waals surface area contributed by atoms with Crippen molar-refractivity contribution >= 4 is 11.9 Å². The van der Waals surface area contributed by atoms with E-state index in [4.69, 9.17) is 0 Å². The first-order valence-corrected chi connectivity index (χ1v) is 8.31. The predicted octanol–water partition coefficient (Wildman–Crippen LogP) is 0.761. The summed E-state index contributed by atoms with van der Waals surface area (Å²) in [6.45, 7) is 5.16. The van der Waals surface area contributed by atoms with Crippen LogP contribution in [0.5, 0.6) is 0 Å². The van der Waals surface area contributed by atoms with Crippen molar-refractivity contribution in [2.45, 2.75) is 31.8 Å².